The second-order valence-corrected chi connectivity index (χ2v) is 6.23. The van der Waals surface area contributed by atoms with Crippen molar-refractivity contribution >= 4 is 21.9 Å². The molecule has 0 aliphatic rings. The van der Waals surface area contributed by atoms with Gasteiger partial charge in [0, 0.05) is 17.8 Å². The van der Waals surface area contributed by atoms with E-state index in [9.17, 15) is 13.2 Å². The van der Waals surface area contributed by atoms with Crippen molar-refractivity contribution in [3.63, 3.8) is 0 Å². The summed E-state index contributed by atoms with van der Waals surface area (Å²) in [6.07, 6.45) is 5.24. The van der Waals surface area contributed by atoms with Crippen LogP contribution in [0, 0.1) is 12.3 Å². The van der Waals surface area contributed by atoms with Gasteiger partial charge in [0.2, 0.25) is 0 Å². The van der Waals surface area contributed by atoms with Crippen molar-refractivity contribution in [1.29, 1.82) is 0 Å². The Bertz CT molecular complexity index is 825. The Morgan fingerprint density at radius 1 is 1.08 bits per heavy atom. The van der Waals surface area contributed by atoms with Crippen molar-refractivity contribution in [2.75, 3.05) is 11.9 Å². The molecular formula is C17H16N2O4S. The van der Waals surface area contributed by atoms with Crippen molar-refractivity contribution in [1.82, 2.24) is 4.72 Å². The summed E-state index contributed by atoms with van der Waals surface area (Å²) in [5.74, 6) is 1.87. The van der Waals surface area contributed by atoms with Gasteiger partial charge in [0.25, 0.3) is 5.91 Å². The summed E-state index contributed by atoms with van der Waals surface area (Å²) in [6.45, 7) is -0.542. The maximum absolute atomic E-state index is 11.7. The Balaban J connectivity index is 1.80. The van der Waals surface area contributed by atoms with E-state index in [4.69, 9.17) is 6.42 Å². The molecule has 0 heterocycles. The lowest BCUT2D eigenvalue weighted by molar-refractivity contribution is -0.118. The molecule has 0 bridgehead atoms. The number of carbonyl (C=O) groups is 1. The molecule has 0 radical (unpaired) electrons. The number of hydrogen-bond donors (Lipinski definition) is 2. The van der Waals surface area contributed by atoms with Crippen LogP contribution >= 0.6 is 0 Å². The maximum Gasteiger partial charge on any atom is 0.336 e. The summed E-state index contributed by atoms with van der Waals surface area (Å²) in [7, 11) is -4.02. The van der Waals surface area contributed by atoms with Crippen LogP contribution in [0.4, 0.5) is 5.69 Å². The van der Waals surface area contributed by atoms with E-state index < -0.39 is 22.8 Å². The van der Waals surface area contributed by atoms with Gasteiger partial charge in [-0.25, -0.2) is 4.18 Å². The van der Waals surface area contributed by atoms with Gasteiger partial charge < -0.3 is 5.32 Å². The Kier molecular flexibility index (Phi) is 6.09. The molecule has 0 aliphatic heterocycles. The van der Waals surface area contributed by atoms with Gasteiger partial charge in [-0.05, 0) is 29.8 Å². The minimum absolute atomic E-state index is 0.0817. The SMILES string of the molecule is C#Cc1ccc(NC(=O)COS(=O)(=O)NCc2ccccc2)cc1. The third-order valence-corrected chi connectivity index (χ3v) is 3.90. The molecule has 24 heavy (non-hydrogen) atoms. The minimum Gasteiger partial charge on any atom is -0.324 e. The maximum atomic E-state index is 11.7. The van der Waals surface area contributed by atoms with Gasteiger partial charge in [0.05, 0.1) is 0 Å². The predicted octanol–water partition coefficient (Wildman–Crippen LogP) is 1.66. The molecule has 6 nitrogen and oxygen atoms in total. The zero-order valence-electron chi connectivity index (χ0n) is 12.7. The number of benzene rings is 2. The van der Waals surface area contributed by atoms with Crippen LogP contribution in [0.2, 0.25) is 0 Å². The van der Waals surface area contributed by atoms with Gasteiger partial charge >= 0.3 is 10.3 Å². The summed E-state index contributed by atoms with van der Waals surface area (Å²) in [6, 6.07) is 15.5. The van der Waals surface area contributed by atoms with Crippen LogP contribution < -0.4 is 10.0 Å². The van der Waals surface area contributed by atoms with Gasteiger partial charge in [0.15, 0.2) is 0 Å². The van der Waals surface area contributed by atoms with E-state index >= 15 is 0 Å². The summed E-state index contributed by atoms with van der Waals surface area (Å²) >= 11 is 0. The molecule has 0 atom stereocenters. The number of rotatable bonds is 7. The first-order chi connectivity index (χ1) is 11.5. The van der Waals surface area contributed by atoms with E-state index in [0.717, 1.165) is 5.56 Å². The summed E-state index contributed by atoms with van der Waals surface area (Å²) in [5, 5.41) is 2.51. The fraction of sp³-hybridized carbons (Fsp3) is 0.118. The zero-order chi connectivity index (χ0) is 17.4. The van der Waals surface area contributed by atoms with E-state index in [2.05, 4.69) is 20.1 Å². The highest BCUT2D eigenvalue weighted by Gasteiger charge is 2.13. The molecule has 0 aliphatic carbocycles. The number of amides is 1. The number of terminal acetylenes is 1. The average molecular weight is 344 g/mol. The lowest BCUT2D eigenvalue weighted by atomic mass is 10.2. The van der Waals surface area contributed by atoms with Crippen molar-refractivity contribution in [2.45, 2.75) is 6.54 Å². The molecular weight excluding hydrogens is 328 g/mol. The Hall–Kier alpha value is -2.66. The summed E-state index contributed by atoms with van der Waals surface area (Å²) in [4.78, 5) is 11.7. The molecule has 7 heteroatoms. The quantitative estimate of drug-likeness (QED) is 0.748. The van der Waals surface area contributed by atoms with Crippen molar-refractivity contribution in [2.24, 2.45) is 0 Å². The van der Waals surface area contributed by atoms with Crippen molar-refractivity contribution < 1.29 is 17.4 Å². The molecule has 1 amide bonds. The molecule has 0 saturated carbocycles. The topological polar surface area (TPSA) is 84.5 Å². The monoisotopic (exact) mass is 344 g/mol. The molecule has 2 N–H and O–H groups in total. The molecule has 0 aromatic heterocycles. The van der Waals surface area contributed by atoms with Crippen LogP contribution in [-0.2, 0) is 25.8 Å². The number of anilines is 1. The lowest BCUT2D eigenvalue weighted by Crippen LogP contribution is -2.29. The first kappa shape index (κ1) is 17.7. The lowest BCUT2D eigenvalue weighted by Gasteiger charge is -2.08. The standard InChI is InChI=1S/C17H16N2O4S/c1-2-14-8-10-16(11-9-14)19-17(20)13-23-24(21,22)18-12-15-6-4-3-5-7-15/h1,3-11,18H,12-13H2,(H,19,20). The third-order valence-electron chi connectivity index (χ3n) is 2.98. The molecule has 0 saturated heterocycles. The highest BCUT2D eigenvalue weighted by molar-refractivity contribution is 7.84. The normalized spacial score (nSPS) is 10.8. The van der Waals surface area contributed by atoms with E-state index in [1.165, 1.54) is 0 Å². The Morgan fingerprint density at radius 2 is 1.75 bits per heavy atom. The fourth-order valence-corrected chi connectivity index (χ4v) is 2.48. The number of carbonyl (C=O) groups excluding carboxylic acids is 1. The third kappa shape index (κ3) is 5.85. The molecule has 2 aromatic carbocycles. The Labute approximate surface area is 141 Å². The predicted molar refractivity (Wildman–Crippen MR) is 91.2 cm³/mol. The highest BCUT2D eigenvalue weighted by Crippen LogP contribution is 2.08. The highest BCUT2D eigenvalue weighted by atomic mass is 32.2. The van der Waals surface area contributed by atoms with E-state index in [1.807, 2.05) is 6.07 Å². The van der Waals surface area contributed by atoms with Crippen LogP contribution in [-0.4, -0.2) is 20.9 Å². The second kappa shape index (κ2) is 8.26. The van der Waals surface area contributed by atoms with Crippen LogP contribution in [0.1, 0.15) is 11.1 Å². The van der Waals surface area contributed by atoms with Gasteiger partial charge in [-0.3, -0.25) is 4.79 Å². The van der Waals surface area contributed by atoms with Crippen molar-refractivity contribution in [3.05, 3.63) is 65.7 Å². The molecule has 2 rings (SSSR count). The smallest absolute Gasteiger partial charge is 0.324 e. The summed E-state index contributed by atoms with van der Waals surface area (Å²) < 4.78 is 30.3. The van der Waals surface area contributed by atoms with E-state index in [0.29, 0.717) is 11.3 Å². The Morgan fingerprint density at radius 3 is 2.38 bits per heavy atom. The first-order valence-corrected chi connectivity index (χ1v) is 8.44. The van der Waals surface area contributed by atoms with E-state index in [-0.39, 0.29) is 6.54 Å². The molecule has 0 spiro atoms. The van der Waals surface area contributed by atoms with Gasteiger partial charge in [-0.15, -0.1) is 6.42 Å². The number of hydrogen-bond acceptors (Lipinski definition) is 4. The summed E-state index contributed by atoms with van der Waals surface area (Å²) in [5.41, 5.74) is 1.96. The largest absolute Gasteiger partial charge is 0.336 e. The van der Waals surface area contributed by atoms with Crippen LogP contribution in [0.15, 0.2) is 54.6 Å². The molecule has 0 unspecified atom stereocenters. The van der Waals surface area contributed by atoms with Crippen LogP contribution in [0.3, 0.4) is 0 Å². The van der Waals surface area contributed by atoms with Gasteiger partial charge in [-0.1, -0.05) is 36.3 Å². The molecule has 0 fully saturated rings. The molecule has 2 aromatic rings. The fourth-order valence-electron chi connectivity index (χ4n) is 1.79. The van der Waals surface area contributed by atoms with Crippen molar-refractivity contribution in [3.8, 4) is 12.3 Å². The van der Waals surface area contributed by atoms with Crippen LogP contribution in [0.5, 0.6) is 0 Å². The number of nitrogens with one attached hydrogen (secondary N) is 2. The van der Waals surface area contributed by atoms with Gasteiger partial charge in [-0.2, -0.15) is 13.1 Å². The zero-order valence-corrected chi connectivity index (χ0v) is 13.5. The minimum atomic E-state index is -4.02. The van der Waals surface area contributed by atoms with Crippen LogP contribution in [0.25, 0.3) is 0 Å². The second-order valence-electron chi connectivity index (χ2n) is 4.79. The molecule has 124 valence electrons. The van der Waals surface area contributed by atoms with Gasteiger partial charge in [0.1, 0.15) is 6.61 Å². The average Bonchev–Trinajstić information content (AvgIpc) is 2.60. The first-order valence-electron chi connectivity index (χ1n) is 7.03. The van der Waals surface area contributed by atoms with E-state index in [1.54, 1.807) is 48.5 Å².